The van der Waals surface area contributed by atoms with Crippen LogP contribution in [-0.2, 0) is 4.74 Å². The zero-order valence-electron chi connectivity index (χ0n) is 15.9. The van der Waals surface area contributed by atoms with E-state index in [2.05, 4.69) is 26.1 Å². The molecular formula is C19H29ClN2O3. The second-order valence-corrected chi connectivity index (χ2v) is 7.61. The van der Waals surface area contributed by atoms with E-state index in [0.29, 0.717) is 23.1 Å². The van der Waals surface area contributed by atoms with Crippen LogP contribution in [0.1, 0.15) is 50.9 Å². The summed E-state index contributed by atoms with van der Waals surface area (Å²) in [6, 6.07) is 4.49. The number of amides is 2. The maximum Gasteiger partial charge on any atom is 0.339 e. The number of carbonyl (C=O) groups excluding carboxylic acids is 2. The number of hydrogen-bond acceptors (Lipinski definition) is 3. The van der Waals surface area contributed by atoms with Crippen LogP contribution in [-0.4, -0.2) is 37.1 Å². The average Bonchev–Trinajstić information content (AvgIpc) is 2.45. The van der Waals surface area contributed by atoms with Crippen molar-refractivity contribution in [3.05, 3.63) is 28.8 Å². The number of rotatable bonds is 7. The van der Waals surface area contributed by atoms with Crippen LogP contribution in [0.2, 0.25) is 5.02 Å². The molecule has 2 atom stereocenters. The molecule has 0 fully saturated rings. The zero-order valence-corrected chi connectivity index (χ0v) is 16.7. The molecule has 0 saturated carbocycles. The van der Waals surface area contributed by atoms with E-state index >= 15 is 0 Å². The van der Waals surface area contributed by atoms with Crippen molar-refractivity contribution in [1.82, 2.24) is 4.90 Å². The second-order valence-electron chi connectivity index (χ2n) is 7.21. The number of halogens is 1. The van der Waals surface area contributed by atoms with Gasteiger partial charge in [0.2, 0.25) is 0 Å². The highest BCUT2D eigenvalue weighted by Crippen LogP contribution is 2.24. The maximum absolute atomic E-state index is 12.3. The lowest BCUT2D eigenvalue weighted by Crippen LogP contribution is -2.27. The van der Waals surface area contributed by atoms with Crippen molar-refractivity contribution < 1.29 is 14.3 Å². The van der Waals surface area contributed by atoms with Gasteiger partial charge in [-0.05, 0) is 49.8 Å². The third-order valence-electron chi connectivity index (χ3n) is 3.76. The van der Waals surface area contributed by atoms with Crippen molar-refractivity contribution in [2.75, 3.05) is 19.4 Å². The van der Waals surface area contributed by atoms with Gasteiger partial charge in [-0.25, -0.2) is 9.59 Å². The molecule has 1 aromatic carbocycles. The smallest absolute Gasteiger partial charge is 0.339 e. The molecule has 6 heteroatoms. The number of urea groups is 1. The third-order valence-corrected chi connectivity index (χ3v) is 4.08. The number of hydrogen-bond donors (Lipinski definition) is 1. The van der Waals surface area contributed by atoms with E-state index < -0.39 is 5.97 Å². The Hall–Kier alpha value is -1.75. The van der Waals surface area contributed by atoms with E-state index in [-0.39, 0.29) is 17.2 Å². The highest BCUT2D eigenvalue weighted by molar-refractivity contribution is 6.34. The molecule has 2 unspecified atom stereocenters. The lowest BCUT2D eigenvalue weighted by molar-refractivity contribution is 0.0288. The summed E-state index contributed by atoms with van der Waals surface area (Å²) in [6.07, 6.45) is 1.74. The molecule has 0 bridgehead atoms. The van der Waals surface area contributed by atoms with Gasteiger partial charge in [0, 0.05) is 19.8 Å². The highest BCUT2D eigenvalue weighted by atomic mass is 35.5. The monoisotopic (exact) mass is 368 g/mol. The first-order valence-corrected chi connectivity index (χ1v) is 8.96. The Morgan fingerprint density at radius 2 is 1.80 bits per heavy atom. The molecular weight excluding hydrogens is 340 g/mol. The minimum absolute atomic E-state index is 0.176. The molecule has 1 aromatic rings. The summed E-state index contributed by atoms with van der Waals surface area (Å²) in [5.74, 6) is 0.666. The summed E-state index contributed by atoms with van der Waals surface area (Å²) in [5, 5.41) is 2.94. The lowest BCUT2D eigenvalue weighted by atomic mass is 9.94. The number of benzene rings is 1. The molecule has 0 saturated heterocycles. The van der Waals surface area contributed by atoms with Crippen LogP contribution in [0.5, 0.6) is 0 Å². The van der Waals surface area contributed by atoms with Crippen LogP contribution < -0.4 is 5.32 Å². The summed E-state index contributed by atoms with van der Waals surface area (Å²) in [7, 11) is 3.29. The number of nitrogens with one attached hydrogen (secondary N) is 1. The topological polar surface area (TPSA) is 58.6 Å². The van der Waals surface area contributed by atoms with Crippen LogP contribution in [0.15, 0.2) is 18.2 Å². The Morgan fingerprint density at radius 3 is 2.32 bits per heavy atom. The highest BCUT2D eigenvalue weighted by Gasteiger charge is 2.18. The maximum atomic E-state index is 12.3. The van der Waals surface area contributed by atoms with Gasteiger partial charge in [0.25, 0.3) is 0 Å². The first-order valence-electron chi connectivity index (χ1n) is 8.59. The Balaban J connectivity index is 2.68. The largest absolute Gasteiger partial charge is 0.459 e. The molecule has 0 aliphatic carbocycles. The fraction of sp³-hybridized carbons (Fsp3) is 0.579. The molecule has 25 heavy (non-hydrogen) atoms. The summed E-state index contributed by atoms with van der Waals surface area (Å²) in [5.41, 5.74) is 0.826. The van der Waals surface area contributed by atoms with E-state index in [0.717, 1.165) is 12.8 Å². The minimum atomic E-state index is -0.445. The molecule has 1 rings (SSSR count). The summed E-state index contributed by atoms with van der Waals surface area (Å²) >= 11 is 6.18. The molecule has 0 spiro atoms. The Bertz CT molecular complexity index is 602. The van der Waals surface area contributed by atoms with Crippen molar-refractivity contribution in [3.63, 3.8) is 0 Å². The predicted molar refractivity (Wildman–Crippen MR) is 102 cm³/mol. The first kappa shape index (κ1) is 21.3. The van der Waals surface area contributed by atoms with E-state index in [9.17, 15) is 9.59 Å². The van der Waals surface area contributed by atoms with Crippen molar-refractivity contribution >= 4 is 29.3 Å². The first-order chi connectivity index (χ1) is 11.6. The molecule has 1 N–H and O–H groups in total. The standard InChI is InChI=1S/C19H29ClN2O3/c1-12(2)9-13(3)10-14(4)25-18(23)16-8-7-15(11-17(16)20)21-19(24)22(5)6/h7-8,11-14H,9-10H2,1-6H3,(H,21,24). The van der Waals surface area contributed by atoms with Crippen LogP contribution in [0.4, 0.5) is 10.5 Å². The fourth-order valence-corrected chi connectivity index (χ4v) is 3.01. The number of anilines is 1. The Kier molecular flexibility index (Phi) is 8.23. The van der Waals surface area contributed by atoms with Crippen molar-refractivity contribution in [2.45, 2.75) is 46.6 Å². The molecule has 0 heterocycles. The van der Waals surface area contributed by atoms with E-state index in [1.807, 2.05) is 6.92 Å². The van der Waals surface area contributed by atoms with Gasteiger partial charge < -0.3 is 15.0 Å². The third kappa shape index (κ3) is 7.34. The van der Waals surface area contributed by atoms with Gasteiger partial charge in [0.05, 0.1) is 16.7 Å². The quantitative estimate of drug-likeness (QED) is 0.685. The van der Waals surface area contributed by atoms with E-state index in [1.54, 1.807) is 32.3 Å². The summed E-state index contributed by atoms with van der Waals surface area (Å²) in [6.45, 7) is 8.43. The van der Waals surface area contributed by atoms with Crippen molar-refractivity contribution in [3.8, 4) is 0 Å². The van der Waals surface area contributed by atoms with Gasteiger partial charge in [-0.1, -0.05) is 32.4 Å². The van der Waals surface area contributed by atoms with Crippen LogP contribution in [0.25, 0.3) is 0 Å². The van der Waals surface area contributed by atoms with Crippen molar-refractivity contribution in [1.29, 1.82) is 0 Å². The van der Waals surface area contributed by atoms with Crippen LogP contribution in [0, 0.1) is 11.8 Å². The number of nitrogens with zero attached hydrogens (tertiary/aromatic N) is 1. The van der Waals surface area contributed by atoms with Gasteiger partial charge >= 0.3 is 12.0 Å². The van der Waals surface area contributed by atoms with E-state index in [1.165, 1.54) is 4.90 Å². The van der Waals surface area contributed by atoms with Gasteiger partial charge in [0.15, 0.2) is 0 Å². The Labute approximate surface area is 155 Å². The molecule has 2 amide bonds. The number of carbonyl (C=O) groups is 2. The lowest BCUT2D eigenvalue weighted by Gasteiger charge is -2.19. The van der Waals surface area contributed by atoms with Gasteiger partial charge in [-0.3, -0.25) is 0 Å². The van der Waals surface area contributed by atoms with Crippen molar-refractivity contribution in [2.24, 2.45) is 11.8 Å². The SMILES string of the molecule is CC(C)CC(C)CC(C)OC(=O)c1ccc(NC(=O)N(C)C)cc1Cl. The normalized spacial score (nSPS) is 13.3. The second kappa shape index (κ2) is 9.66. The summed E-state index contributed by atoms with van der Waals surface area (Å²) < 4.78 is 5.51. The van der Waals surface area contributed by atoms with Gasteiger partial charge in [-0.15, -0.1) is 0 Å². The molecule has 0 radical (unpaired) electrons. The molecule has 0 aliphatic rings. The van der Waals surface area contributed by atoms with Crippen LogP contribution >= 0.6 is 11.6 Å². The predicted octanol–water partition coefficient (Wildman–Crippen LogP) is 5.05. The van der Waals surface area contributed by atoms with Gasteiger partial charge in [0.1, 0.15) is 0 Å². The zero-order chi connectivity index (χ0) is 19.1. The van der Waals surface area contributed by atoms with E-state index in [4.69, 9.17) is 16.3 Å². The number of esters is 1. The molecule has 0 aromatic heterocycles. The fourth-order valence-electron chi connectivity index (χ4n) is 2.76. The molecule has 0 aliphatic heterocycles. The minimum Gasteiger partial charge on any atom is -0.459 e. The van der Waals surface area contributed by atoms with Gasteiger partial charge in [-0.2, -0.15) is 0 Å². The Morgan fingerprint density at radius 1 is 1.16 bits per heavy atom. The van der Waals surface area contributed by atoms with Crippen LogP contribution in [0.3, 0.4) is 0 Å². The molecule has 5 nitrogen and oxygen atoms in total. The average molecular weight is 369 g/mol. The molecule has 140 valence electrons. The summed E-state index contributed by atoms with van der Waals surface area (Å²) in [4.78, 5) is 25.4. The number of ether oxygens (including phenoxy) is 1.